The van der Waals surface area contributed by atoms with E-state index in [1.54, 1.807) is 16.7 Å². The van der Waals surface area contributed by atoms with Gasteiger partial charge in [0.2, 0.25) is 5.91 Å². The molecule has 2 heterocycles. The van der Waals surface area contributed by atoms with Crippen molar-refractivity contribution in [3.8, 4) is 0 Å². The molecule has 110 valence electrons. The van der Waals surface area contributed by atoms with Crippen LogP contribution in [0.3, 0.4) is 0 Å². The van der Waals surface area contributed by atoms with Gasteiger partial charge in [-0.1, -0.05) is 18.7 Å². The second kappa shape index (κ2) is 7.04. The first-order valence-corrected chi connectivity index (χ1v) is 8.03. The van der Waals surface area contributed by atoms with Gasteiger partial charge in [0.25, 0.3) is 0 Å². The Balaban J connectivity index is 1.94. The van der Waals surface area contributed by atoms with Crippen LogP contribution in [0.25, 0.3) is 0 Å². The average Bonchev–Trinajstić information content (AvgIpc) is 2.47. The summed E-state index contributed by atoms with van der Waals surface area (Å²) < 4.78 is 0. The number of hydrogen-bond donors (Lipinski definition) is 0. The van der Waals surface area contributed by atoms with Crippen LogP contribution < -0.4 is 0 Å². The van der Waals surface area contributed by atoms with E-state index >= 15 is 0 Å². The molecular weight excluding hydrogens is 272 g/mol. The van der Waals surface area contributed by atoms with Gasteiger partial charge in [-0.25, -0.2) is 9.97 Å². The molecule has 0 spiro atoms. The van der Waals surface area contributed by atoms with Gasteiger partial charge in [0, 0.05) is 50.4 Å². The summed E-state index contributed by atoms with van der Waals surface area (Å²) in [6.07, 6.45) is 4.87. The highest BCUT2D eigenvalue weighted by Gasteiger charge is 2.29. The molecule has 1 atom stereocenters. The topological polar surface area (TPSA) is 49.3 Å². The molecule has 1 saturated heterocycles. The Morgan fingerprint density at radius 2 is 2.05 bits per heavy atom. The van der Waals surface area contributed by atoms with Gasteiger partial charge in [0.1, 0.15) is 0 Å². The van der Waals surface area contributed by atoms with E-state index in [1.165, 1.54) is 0 Å². The number of carbonyl (C=O) groups excluding carboxylic acids is 1. The Kier molecular flexibility index (Phi) is 5.37. The van der Waals surface area contributed by atoms with E-state index in [1.807, 2.05) is 26.4 Å². The SMILES string of the molecule is CCCSc1ncc(CN2CCN(C)C(=O)[C@@H]2C)cn1. The molecule has 0 saturated carbocycles. The maximum absolute atomic E-state index is 11.9. The fraction of sp³-hybridized carbons (Fsp3) is 0.643. The molecule has 0 radical (unpaired) electrons. The van der Waals surface area contributed by atoms with E-state index in [-0.39, 0.29) is 11.9 Å². The third-order valence-corrected chi connectivity index (χ3v) is 4.59. The maximum Gasteiger partial charge on any atom is 0.239 e. The normalized spacial score (nSPS) is 20.4. The van der Waals surface area contributed by atoms with E-state index in [9.17, 15) is 4.79 Å². The van der Waals surface area contributed by atoms with E-state index in [0.717, 1.165) is 42.5 Å². The Bertz CT molecular complexity index is 451. The van der Waals surface area contributed by atoms with Crippen LogP contribution in [0.4, 0.5) is 0 Å². The Morgan fingerprint density at radius 3 is 2.70 bits per heavy atom. The second-order valence-electron chi connectivity index (χ2n) is 5.13. The number of carbonyl (C=O) groups is 1. The molecule has 1 amide bonds. The molecule has 1 aromatic rings. The number of amides is 1. The van der Waals surface area contributed by atoms with Crippen LogP contribution in [0.1, 0.15) is 25.8 Å². The summed E-state index contributed by atoms with van der Waals surface area (Å²) in [5.41, 5.74) is 1.06. The van der Waals surface area contributed by atoms with E-state index in [4.69, 9.17) is 0 Å². The molecule has 0 aliphatic carbocycles. The van der Waals surface area contributed by atoms with Crippen molar-refractivity contribution in [2.24, 2.45) is 0 Å². The Hall–Kier alpha value is -1.14. The summed E-state index contributed by atoms with van der Waals surface area (Å²) >= 11 is 1.68. The summed E-state index contributed by atoms with van der Waals surface area (Å²) in [6.45, 7) is 6.53. The van der Waals surface area contributed by atoms with E-state index in [2.05, 4.69) is 21.8 Å². The fourth-order valence-electron chi connectivity index (χ4n) is 2.20. The Labute approximate surface area is 124 Å². The number of aromatic nitrogens is 2. The predicted molar refractivity (Wildman–Crippen MR) is 80.6 cm³/mol. The number of piperazine rings is 1. The van der Waals surface area contributed by atoms with Gasteiger partial charge in [-0.15, -0.1) is 0 Å². The number of nitrogens with zero attached hydrogens (tertiary/aromatic N) is 4. The number of hydrogen-bond acceptors (Lipinski definition) is 5. The highest BCUT2D eigenvalue weighted by atomic mass is 32.2. The smallest absolute Gasteiger partial charge is 0.239 e. The maximum atomic E-state index is 11.9. The van der Waals surface area contributed by atoms with Crippen molar-refractivity contribution >= 4 is 17.7 Å². The molecule has 1 fully saturated rings. The standard InChI is InChI=1S/C14H22N4OS/c1-4-7-20-14-15-8-12(9-16-14)10-18-6-5-17(3)13(19)11(18)2/h8-9,11H,4-7,10H2,1-3H3/t11-/m0/s1. The van der Waals surface area contributed by atoms with Crippen molar-refractivity contribution in [1.29, 1.82) is 0 Å². The molecule has 0 unspecified atom stereocenters. The summed E-state index contributed by atoms with van der Waals surface area (Å²) in [5, 5.41) is 0.832. The number of rotatable bonds is 5. The van der Waals surface area contributed by atoms with E-state index in [0.29, 0.717) is 0 Å². The van der Waals surface area contributed by atoms with Gasteiger partial charge in [-0.3, -0.25) is 9.69 Å². The van der Waals surface area contributed by atoms with Crippen LogP contribution in [0.5, 0.6) is 0 Å². The lowest BCUT2D eigenvalue weighted by Gasteiger charge is -2.37. The van der Waals surface area contributed by atoms with Crippen molar-refractivity contribution in [1.82, 2.24) is 19.8 Å². The lowest BCUT2D eigenvalue weighted by atomic mass is 10.1. The summed E-state index contributed by atoms with van der Waals surface area (Å²) in [6, 6.07) is -0.0668. The summed E-state index contributed by atoms with van der Waals surface area (Å²) in [5.74, 6) is 1.23. The molecule has 0 N–H and O–H groups in total. The quantitative estimate of drug-likeness (QED) is 0.610. The van der Waals surface area contributed by atoms with Crippen LogP contribution in [-0.2, 0) is 11.3 Å². The monoisotopic (exact) mass is 294 g/mol. The highest BCUT2D eigenvalue weighted by molar-refractivity contribution is 7.99. The third-order valence-electron chi connectivity index (χ3n) is 3.51. The van der Waals surface area contributed by atoms with Crippen LogP contribution in [0.2, 0.25) is 0 Å². The molecular formula is C14H22N4OS. The fourth-order valence-corrected chi connectivity index (χ4v) is 2.84. The lowest BCUT2D eigenvalue weighted by Crippen LogP contribution is -2.53. The molecule has 1 aliphatic heterocycles. The van der Waals surface area contributed by atoms with Crippen LogP contribution >= 0.6 is 11.8 Å². The van der Waals surface area contributed by atoms with Crippen molar-refractivity contribution in [2.45, 2.75) is 38.0 Å². The van der Waals surface area contributed by atoms with Crippen LogP contribution in [0.15, 0.2) is 17.6 Å². The average molecular weight is 294 g/mol. The first kappa shape index (κ1) is 15.3. The molecule has 0 aromatic carbocycles. The molecule has 2 rings (SSSR count). The van der Waals surface area contributed by atoms with Crippen molar-refractivity contribution in [2.75, 3.05) is 25.9 Å². The lowest BCUT2D eigenvalue weighted by molar-refractivity contribution is -0.139. The molecule has 1 aromatic heterocycles. The predicted octanol–water partition coefficient (Wildman–Crippen LogP) is 1.64. The van der Waals surface area contributed by atoms with Crippen molar-refractivity contribution < 1.29 is 4.79 Å². The minimum Gasteiger partial charge on any atom is -0.343 e. The van der Waals surface area contributed by atoms with Gasteiger partial charge >= 0.3 is 0 Å². The molecule has 6 heteroatoms. The molecule has 5 nitrogen and oxygen atoms in total. The highest BCUT2D eigenvalue weighted by Crippen LogP contribution is 2.16. The first-order valence-electron chi connectivity index (χ1n) is 7.04. The van der Waals surface area contributed by atoms with Gasteiger partial charge < -0.3 is 4.90 Å². The number of thioether (sulfide) groups is 1. The van der Waals surface area contributed by atoms with Crippen LogP contribution in [0, 0.1) is 0 Å². The molecule has 20 heavy (non-hydrogen) atoms. The third kappa shape index (κ3) is 3.70. The minimum absolute atomic E-state index is 0.0668. The number of likely N-dealkylation sites (N-methyl/N-ethyl adjacent to an activating group) is 1. The first-order chi connectivity index (χ1) is 9.61. The molecule has 0 bridgehead atoms. The zero-order valence-electron chi connectivity index (χ0n) is 12.4. The van der Waals surface area contributed by atoms with Gasteiger partial charge in [-0.2, -0.15) is 0 Å². The summed E-state index contributed by atoms with van der Waals surface area (Å²) in [4.78, 5) is 24.7. The van der Waals surface area contributed by atoms with Crippen molar-refractivity contribution in [3.05, 3.63) is 18.0 Å². The summed E-state index contributed by atoms with van der Waals surface area (Å²) in [7, 11) is 1.86. The Morgan fingerprint density at radius 1 is 1.35 bits per heavy atom. The zero-order chi connectivity index (χ0) is 14.5. The van der Waals surface area contributed by atoms with E-state index < -0.39 is 0 Å². The van der Waals surface area contributed by atoms with Crippen molar-refractivity contribution in [3.63, 3.8) is 0 Å². The van der Waals surface area contributed by atoms with Gasteiger partial charge in [0.05, 0.1) is 6.04 Å². The molecule has 1 aliphatic rings. The second-order valence-corrected chi connectivity index (χ2v) is 6.19. The minimum atomic E-state index is -0.0668. The van der Waals surface area contributed by atoms with Gasteiger partial charge in [-0.05, 0) is 13.3 Å². The zero-order valence-corrected chi connectivity index (χ0v) is 13.2. The van der Waals surface area contributed by atoms with Crippen LogP contribution in [-0.4, -0.2) is 57.6 Å². The largest absolute Gasteiger partial charge is 0.343 e. The van der Waals surface area contributed by atoms with Gasteiger partial charge in [0.15, 0.2) is 5.16 Å².